The van der Waals surface area contributed by atoms with Crippen LogP contribution >= 0.6 is 11.3 Å². The van der Waals surface area contributed by atoms with Crippen molar-refractivity contribution in [3.8, 4) is 0 Å². The summed E-state index contributed by atoms with van der Waals surface area (Å²) in [6, 6.07) is 3.67. The van der Waals surface area contributed by atoms with Crippen molar-refractivity contribution >= 4 is 21.4 Å². The van der Waals surface area contributed by atoms with Gasteiger partial charge in [-0.2, -0.15) is 4.31 Å². The second-order valence-corrected chi connectivity index (χ2v) is 9.16. The Hall–Kier alpha value is -0.430. The van der Waals surface area contributed by atoms with Crippen molar-refractivity contribution in [3.05, 3.63) is 17.0 Å². The highest BCUT2D eigenvalue weighted by molar-refractivity contribution is 7.91. The van der Waals surface area contributed by atoms with Gasteiger partial charge < -0.3 is 5.32 Å². The average Bonchev–Trinajstić information content (AvgIpc) is 2.93. The van der Waals surface area contributed by atoms with E-state index in [4.69, 9.17) is 0 Å². The van der Waals surface area contributed by atoms with Gasteiger partial charge in [-0.15, -0.1) is 11.3 Å². The molecule has 0 saturated carbocycles. The van der Waals surface area contributed by atoms with Gasteiger partial charge in [0.15, 0.2) is 0 Å². The lowest BCUT2D eigenvalue weighted by Crippen LogP contribution is -2.29. The van der Waals surface area contributed by atoms with Crippen LogP contribution in [0.5, 0.6) is 0 Å². The van der Waals surface area contributed by atoms with E-state index >= 15 is 0 Å². The first-order chi connectivity index (χ1) is 8.85. The summed E-state index contributed by atoms with van der Waals surface area (Å²) in [5, 5.41) is 3.08. The maximum Gasteiger partial charge on any atom is 0.252 e. The molecule has 1 saturated heterocycles. The maximum atomic E-state index is 12.5. The number of hydrogen-bond donors (Lipinski definition) is 1. The van der Waals surface area contributed by atoms with Crippen molar-refractivity contribution in [3.63, 3.8) is 0 Å². The maximum absolute atomic E-state index is 12.5. The third-order valence-corrected chi connectivity index (χ3v) is 6.95. The number of rotatable bonds is 5. The third-order valence-electron chi connectivity index (χ3n) is 3.49. The quantitative estimate of drug-likeness (QED) is 0.904. The molecule has 0 radical (unpaired) electrons. The summed E-state index contributed by atoms with van der Waals surface area (Å²) in [5.41, 5.74) is 0.0965. The van der Waals surface area contributed by atoms with Crippen molar-refractivity contribution in [2.24, 2.45) is 5.41 Å². The summed E-state index contributed by atoms with van der Waals surface area (Å²) in [5.74, 6) is 0. The summed E-state index contributed by atoms with van der Waals surface area (Å²) in [4.78, 5) is 1.12. The molecule has 1 aliphatic rings. The molecule has 0 aliphatic carbocycles. The lowest BCUT2D eigenvalue weighted by molar-refractivity contribution is 0.376. The molecule has 6 heteroatoms. The Labute approximate surface area is 119 Å². The molecule has 2 heterocycles. The lowest BCUT2D eigenvalue weighted by atomic mass is 9.93. The van der Waals surface area contributed by atoms with Crippen LogP contribution in [-0.2, 0) is 16.4 Å². The van der Waals surface area contributed by atoms with Crippen LogP contribution in [0.1, 0.15) is 25.1 Å². The Morgan fingerprint density at radius 1 is 1.42 bits per heavy atom. The molecule has 1 aliphatic heterocycles. The van der Waals surface area contributed by atoms with Crippen molar-refractivity contribution < 1.29 is 8.42 Å². The fraction of sp³-hybridized carbons (Fsp3) is 0.692. The molecule has 0 aromatic carbocycles. The van der Waals surface area contributed by atoms with E-state index in [2.05, 4.69) is 19.2 Å². The number of hydrogen-bond acceptors (Lipinski definition) is 4. The van der Waals surface area contributed by atoms with Crippen molar-refractivity contribution in [1.29, 1.82) is 0 Å². The van der Waals surface area contributed by atoms with Crippen molar-refractivity contribution in [2.75, 3.05) is 26.7 Å². The second-order valence-electron chi connectivity index (χ2n) is 5.83. The van der Waals surface area contributed by atoms with Gasteiger partial charge >= 0.3 is 0 Å². The largest absolute Gasteiger partial charge is 0.319 e. The lowest BCUT2D eigenvalue weighted by Gasteiger charge is -2.18. The minimum Gasteiger partial charge on any atom is -0.319 e. The molecule has 1 aromatic heterocycles. The van der Waals surface area contributed by atoms with Crippen LogP contribution in [0.3, 0.4) is 0 Å². The molecule has 0 unspecified atom stereocenters. The van der Waals surface area contributed by atoms with Gasteiger partial charge in [-0.05, 0) is 44.0 Å². The SMILES string of the molecule is CNCCc1ccc(S(=O)(=O)N2CCC(C)(C)C2)s1. The van der Waals surface area contributed by atoms with Crippen LogP contribution in [0.2, 0.25) is 0 Å². The molecule has 0 spiro atoms. The van der Waals surface area contributed by atoms with E-state index in [1.54, 1.807) is 10.4 Å². The topological polar surface area (TPSA) is 49.4 Å². The van der Waals surface area contributed by atoms with Gasteiger partial charge in [0.2, 0.25) is 0 Å². The highest BCUT2D eigenvalue weighted by Crippen LogP contribution is 2.34. The summed E-state index contributed by atoms with van der Waals surface area (Å²) >= 11 is 1.40. The van der Waals surface area contributed by atoms with Gasteiger partial charge in [0.25, 0.3) is 10.0 Å². The Bertz CT molecular complexity index is 535. The molecule has 0 atom stereocenters. The number of sulfonamides is 1. The van der Waals surface area contributed by atoms with Crippen LogP contribution in [-0.4, -0.2) is 39.4 Å². The van der Waals surface area contributed by atoms with Gasteiger partial charge in [0.05, 0.1) is 0 Å². The Balaban J connectivity index is 2.14. The van der Waals surface area contributed by atoms with Gasteiger partial charge in [-0.1, -0.05) is 13.8 Å². The monoisotopic (exact) mass is 302 g/mol. The normalized spacial score (nSPS) is 19.9. The highest BCUT2D eigenvalue weighted by atomic mass is 32.2. The Kier molecular flexibility index (Phi) is 4.35. The fourth-order valence-corrected chi connectivity index (χ4v) is 5.41. The molecule has 1 N–H and O–H groups in total. The molecule has 1 fully saturated rings. The van der Waals surface area contributed by atoms with Crippen molar-refractivity contribution in [2.45, 2.75) is 30.9 Å². The number of likely N-dealkylation sites (N-methyl/N-ethyl adjacent to an activating group) is 1. The van der Waals surface area contributed by atoms with E-state index in [9.17, 15) is 8.42 Å². The molecule has 0 amide bonds. The van der Waals surface area contributed by atoms with Gasteiger partial charge in [-0.3, -0.25) is 0 Å². The first kappa shape index (κ1) is 15.0. The fourth-order valence-electron chi connectivity index (χ4n) is 2.27. The first-order valence-corrected chi connectivity index (χ1v) is 8.84. The van der Waals surface area contributed by atoms with E-state index in [-0.39, 0.29) is 5.41 Å². The zero-order valence-corrected chi connectivity index (χ0v) is 13.4. The predicted molar refractivity (Wildman–Crippen MR) is 79.1 cm³/mol. The van der Waals surface area contributed by atoms with E-state index in [1.807, 2.05) is 13.1 Å². The molecule has 19 heavy (non-hydrogen) atoms. The van der Waals surface area contributed by atoms with Gasteiger partial charge in [0, 0.05) is 18.0 Å². The zero-order valence-electron chi connectivity index (χ0n) is 11.8. The smallest absolute Gasteiger partial charge is 0.252 e. The van der Waals surface area contributed by atoms with E-state index in [1.165, 1.54) is 11.3 Å². The minimum absolute atomic E-state index is 0.0965. The Morgan fingerprint density at radius 2 is 2.16 bits per heavy atom. The molecule has 4 nitrogen and oxygen atoms in total. The van der Waals surface area contributed by atoms with E-state index in [0.717, 1.165) is 24.3 Å². The standard InChI is InChI=1S/C13H22N2O2S2/c1-13(2)7-9-15(10-13)19(16,17)12-5-4-11(18-12)6-8-14-3/h4-5,14H,6-10H2,1-3H3. The van der Waals surface area contributed by atoms with Crippen LogP contribution in [0.25, 0.3) is 0 Å². The van der Waals surface area contributed by atoms with Gasteiger partial charge in [-0.25, -0.2) is 8.42 Å². The summed E-state index contributed by atoms with van der Waals surface area (Å²) in [6.45, 7) is 6.37. The molecular formula is C13H22N2O2S2. The van der Waals surface area contributed by atoms with E-state index in [0.29, 0.717) is 17.3 Å². The average molecular weight is 302 g/mol. The van der Waals surface area contributed by atoms with Crippen LogP contribution in [0, 0.1) is 5.41 Å². The van der Waals surface area contributed by atoms with Gasteiger partial charge in [0.1, 0.15) is 4.21 Å². The van der Waals surface area contributed by atoms with Crippen LogP contribution in [0.15, 0.2) is 16.3 Å². The molecule has 2 rings (SSSR count). The summed E-state index contributed by atoms with van der Waals surface area (Å²) in [7, 11) is -1.38. The molecule has 108 valence electrons. The second kappa shape index (κ2) is 5.52. The molecule has 1 aromatic rings. The molecular weight excluding hydrogens is 280 g/mol. The number of nitrogens with one attached hydrogen (secondary N) is 1. The summed E-state index contributed by atoms with van der Waals surface area (Å²) in [6.07, 6.45) is 1.81. The molecule has 0 bridgehead atoms. The summed E-state index contributed by atoms with van der Waals surface area (Å²) < 4.78 is 27.2. The van der Waals surface area contributed by atoms with Crippen LogP contribution in [0.4, 0.5) is 0 Å². The van der Waals surface area contributed by atoms with Crippen LogP contribution < -0.4 is 5.32 Å². The predicted octanol–water partition coefficient (Wildman–Crippen LogP) is 1.93. The zero-order chi connectivity index (χ0) is 14.1. The minimum atomic E-state index is -3.28. The highest BCUT2D eigenvalue weighted by Gasteiger charge is 2.37. The first-order valence-electron chi connectivity index (χ1n) is 6.59. The van der Waals surface area contributed by atoms with E-state index < -0.39 is 10.0 Å². The van der Waals surface area contributed by atoms with Crippen molar-refractivity contribution in [1.82, 2.24) is 9.62 Å². The number of thiophene rings is 1. The number of nitrogens with zero attached hydrogens (tertiary/aromatic N) is 1. The third kappa shape index (κ3) is 3.37. The Morgan fingerprint density at radius 3 is 2.74 bits per heavy atom.